The Morgan fingerprint density at radius 1 is 1.11 bits per heavy atom. The summed E-state index contributed by atoms with van der Waals surface area (Å²) in [6.45, 7) is 1.48. The number of aromatic nitrogens is 1. The van der Waals surface area contributed by atoms with Gasteiger partial charge in [0, 0.05) is 25.0 Å². The zero-order chi connectivity index (χ0) is 19.1. The first-order valence-corrected chi connectivity index (χ1v) is 9.51. The van der Waals surface area contributed by atoms with E-state index in [2.05, 4.69) is 20.9 Å². The van der Waals surface area contributed by atoms with E-state index in [9.17, 15) is 9.59 Å². The number of allylic oxidation sites excluding steroid dienone is 3. The third kappa shape index (κ3) is 5.98. The summed E-state index contributed by atoms with van der Waals surface area (Å²) in [4.78, 5) is 27.4. The van der Waals surface area contributed by atoms with Gasteiger partial charge in [0.05, 0.1) is 17.3 Å². The minimum Gasteiger partial charge on any atom is -0.488 e. The topological polar surface area (TPSA) is 84.0 Å². The van der Waals surface area contributed by atoms with E-state index in [-0.39, 0.29) is 41.3 Å². The molecule has 1 aromatic rings. The summed E-state index contributed by atoms with van der Waals surface area (Å²) >= 11 is 3.02. The SMILES string of the molecule is O=C1C=C(OCCOc2cncc(COC3CCCCO3)c2)C(=O)C=C1Br. The van der Waals surface area contributed by atoms with Crippen LogP contribution in [0, 0.1) is 0 Å². The standard InChI is InChI=1S/C19H20BrNO6/c20-15-8-17(23)18(9-16(15)22)25-6-5-24-14-7-13(10-21-11-14)12-27-19-3-1-2-4-26-19/h7-11,19H,1-6,12H2. The summed E-state index contributed by atoms with van der Waals surface area (Å²) in [7, 11) is 0. The largest absolute Gasteiger partial charge is 0.488 e. The molecule has 1 fully saturated rings. The van der Waals surface area contributed by atoms with Gasteiger partial charge in [0.1, 0.15) is 19.0 Å². The fraction of sp³-hybridized carbons (Fsp3) is 0.421. The van der Waals surface area contributed by atoms with Gasteiger partial charge in [0.2, 0.25) is 5.78 Å². The van der Waals surface area contributed by atoms with E-state index in [4.69, 9.17) is 18.9 Å². The smallest absolute Gasteiger partial charge is 0.221 e. The average Bonchev–Trinajstić information content (AvgIpc) is 2.68. The lowest BCUT2D eigenvalue weighted by atomic mass is 10.1. The summed E-state index contributed by atoms with van der Waals surface area (Å²) in [5.41, 5.74) is 0.883. The lowest BCUT2D eigenvalue weighted by Gasteiger charge is -2.22. The molecule has 0 N–H and O–H groups in total. The number of ketones is 2. The second kappa shape index (κ2) is 9.77. The lowest BCUT2D eigenvalue weighted by Crippen LogP contribution is -2.22. The van der Waals surface area contributed by atoms with Crippen LogP contribution in [0.1, 0.15) is 24.8 Å². The van der Waals surface area contributed by atoms with Gasteiger partial charge in [-0.15, -0.1) is 0 Å². The van der Waals surface area contributed by atoms with Gasteiger partial charge in [-0.25, -0.2) is 0 Å². The normalized spacial score (nSPS) is 20.1. The molecule has 1 aliphatic carbocycles. The van der Waals surface area contributed by atoms with Crippen LogP contribution in [0.25, 0.3) is 0 Å². The van der Waals surface area contributed by atoms with E-state index in [1.807, 2.05) is 6.07 Å². The summed E-state index contributed by atoms with van der Waals surface area (Å²) in [5, 5.41) is 0. The van der Waals surface area contributed by atoms with Gasteiger partial charge in [-0.1, -0.05) is 0 Å². The van der Waals surface area contributed by atoms with Gasteiger partial charge < -0.3 is 18.9 Å². The number of ether oxygens (including phenoxy) is 4. The fourth-order valence-corrected chi connectivity index (χ4v) is 2.92. The van der Waals surface area contributed by atoms with E-state index in [0.29, 0.717) is 12.4 Å². The van der Waals surface area contributed by atoms with Crippen LogP contribution in [0.5, 0.6) is 5.75 Å². The van der Waals surface area contributed by atoms with Crippen LogP contribution < -0.4 is 4.74 Å². The van der Waals surface area contributed by atoms with Crippen molar-refractivity contribution in [1.82, 2.24) is 4.98 Å². The highest BCUT2D eigenvalue weighted by Gasteiger charge is 2.19. The first-order valence-electron chi connectivity index (χ1n) is 8.72. The van der Waals surface area contributed by atoms with Crippen molar-refractivity contribution in [3.05, 3.63) is 46.4 Å². The van der Waals surface area contributed by atoms with E-state index in [0.717, 1.165) is 31.4 Å². The molecule has 1 aliphatic heterocycles. The summed E-state index contributed by atoms with van der Waals surface area (Å²) in [6, 6.07) is 1.84. The Hall–Kier alpha value is -2.03. The molecule has 2 heterocycles. The number of hydrogen-bond acceptors (Lipinski definition) is 7. The summed E-state index contributed by atoms with van der Waals surface area (Å²) in [6.07, 6.45) is 8.61. The quantitative estimate of drug-likeness (QED) is 0.456. The summed E-state index contributed by atoms with van der Waals surface area (Å²) < 4.78 is 22.4. The highest BCUT2D eigenvalue weighted by atomic mass is 79.9. The molecule has 0 radical (unpaired) electrons. The van der Waals surface area contributed by atoms with Crippen molar-refractivity contribution in [3.63, 3.8) is 0 Å². The second-order valence-corrected chi connectivity index (χ2v) is 6.92. The van der Waals surface area contributed by atoms with E-state index in [1.54, 1.807) is 12.4 Å². The molecular weight excluding hydrogens is 418 g/mol. The third-order valence-electron chi connectivity index (χ3n) is 3.95. The van der Waals surface area contributed by atoms with Gasteiger partial charge in [-0.05, 0) is 46.8 Å². The van der Waals surface area contributed by atoms with Gasteiger partial charge >= 0.3 is 0 Å². The molecule has 144 valence electrons. The molecule has 1 saturated heterocycles. The molecule has 3 rings (SSSR count). The maximum absolute atomic E-state index is 11.7. The zero-order valence-corrected chi connectivity index (χ0v) is 16.3. The number of hydrogen-bond donors (Lipinski definition) is 0. The molecule has 0 amide bonds. The number of rotatable bonds is 8. The predicted molar refractivity (Wildman–Crippen MR) is 99.2 cm³/mol. The summed E-state index contributed by atoms with van der Waals surface area (Å²) in [5.74, 6) is -0.0666. The van der Waals surface area contributed by atoms with Crippen molar-refractivity contribution in [2.45, 2.75) is 32.2 Å². The van der Waals surface area contributed by atoms with Crippen molar-refractivity contribution < 1.29 is 28.5 Å². The molecule has 0 spiro atoms. The Balaban J connectivity index is 1.41. The van der Waals surface area contributed by atoms with Crippen LogP contribution >= 0.6 is 15.9 Å². The average molecular weight is 438 g/mol. The van der Waals surface area contributed by atoms with E-state index < -0.39 is 0 Å². The predicted octanol–water partition coefficient (Wildman–Crippen LogP) is 2.83. The number of pyridine rings is 1. The lowest BCUT2D eigenvalue weighted by molar-refractivity contribution is -0.169. The van der Waals surface area contributed by atoms with Crippen LogP contribution in [0.4, 0.5) is 0 Å². The van der Waals surface area contributed by atoms with Gasteiger partial charge in [-0.3, -0.25) is 14.6 Å². The van der Waals surface area contributed by atoms with Crippen molar-refractivity contribution in [3.8, 4) is 5.75 Å². The Morgan fingerprint density at radius 2 is 1.96 bits per heavy atom. The molecule has 0 bridgehead atoms. The molecule has 1 unspecified atom stereocenters. The Labute approximate surface area is 165 Å². The second-order valence-electron chi connectivity index (χ2n) is 6.06. The van der Waals surface area contributed by atoms with Crippen molar-refractivity contribution in [2.24, 2.45) is 0 Å². The van der Waals surface area contributed by atoms with Crippen molar-refractivity contribution >= 4 is 27.5 Å². The third-order valence-corrected chi connectivity index (χ3v) is 4.57. The zero-order valence-electron chi connectivity index (χ0n) is 14.7. The molecule has 1 atom stereocenters. The van der Waals surface area contributed by atoms with E-state index >= 15 is 0 Å². The Morgan fingerprint density at radius 3 is 2.78 bits per heavy atom. The maximum atomic E-state index is 11.7. The van der Waals surface area contributed by atoms with Crippen LogP contribution in [-0.4, -0.2) is 42.7 Å². The molecule has 0 saturated carbocycles. The van der Waals surface area contributed by atoms with Crippen LogP contribution in [-0.2, 0) is 30.4 Å². The number of nitrogens with zero attached hydrogens (tertiary/aromatic N) is 1. The monoisotopic (exact) mass is 437 g/mol. The molecule has 2 aliphatic rings. The molecule has 27 heavy (non-hydrogen) atoms. The van der Waals surface area contributed by atoms with Gasteiger partial charge in [0.15, 0.2) is 17.8 Å². The first kappa shape index (κ1) is 19.7. The minimum absolute atomic E-state index is 0.0135. The number of carbonyl (C=O) groups is 2. The molecule has 8 heteroatoms. The Bertz CT molecular complexity index is 754. The van der Waals surface area contributed by atoms with Crippen LogP contribution in [0.3, 0.4) is 0 Å². The number of halogens is 1. The van der Waals surface area contributed by atoms with Gasteiger partial charge in [-0.2, -0.15) is 0 Å². The molecule has 7 nitrogen and oxygen atoms in total. The molecular formula is C19H20BrNO6. The molecule has 0 aromatic carbocycles. The van der Waals surface area contributed by atoms with Crippen LogP contribution in [0.15, 0.2) is 40.9 Å². The molecule has 1 aromatic heterocycles. The fourth-order valence-electron chi connectivity index (χ4n) is 2.59. The highest BCUT2D eigenvalue weighted by Crippen LogP contribution is 2.19. The van der Waals surface area contributed by atoms with Crippen LogP contribution in [0.2, 0.25) is 0 Å². The van der Waals surface area contributed by atoms with Gasteiger partial charge in [0.25, 0.3) is 0 Å². The first-order chi connectivity index (χ1) is 13.1. The Kier molecular flexibility index (Phi) is 7.14. The maximum Gasteiger partial charge on any atom is 0.221 e. The van der Waals surface area contributed by atoms with Crippen molar-refractivity contribution in [1.29, 1.82) is 0 Å². The van der Waals surface area contributed by atoms with Crippen molar-refractivity contribution in [2.75, 3.05) is 19.8 Å². The number of carbonyl (C=O) groups excluding carboxylic acids is 2. The minimum atomic E-state index is -0.354. The highest BCUT2D eigenvalue weighted by molar-refractivity contribution is 9.12. The van der Waals surface area contributed by atoms with E-state index in [1.165, 1.54) is 12.2 Å².